The summed E-state index contributed by atoms with van der Waals surface area (Å²) in [5, 5.41) is 9.53. The van der Waals surface area contributed by atoms with Gasteiger partial charge in [-0.1, -0.05) is 20.8 Å². The molecule has 1 aliphatic carbocycles. The second-order valence-electron chi connectivity index (χ2n) is 6.10. The third-order valence-corrected chi connectivity index (χ3v) is 4.25. The lowest BCUT2D eigenvalue weighted by atomic mass is 9.77. The van der Waals surface area contributed by atoms with Crippen molar-refractivity contribution in [2.24, 2.45) is 11.3 Å². The largest absolute Gasteiger partial charge is 0.417 e. The molecule has 0 aliphatic heterocycles. The summed E-state index contributed by atoms with van der Waals surface area (Å²) in [6.07, 6.45) is 2.29. The van der Waals surface area contributed by atoms with E-state index in [0.717, 1.165) is 13.0 Å². The molecular weight excluding hydrogens is 216 g/mol. The van der Waals surface area contributed by atoms with Crippen molar-refractivity contribution in [1.29, 1.82) is 0 Å². The van der Waals surface area contributed by atoms with Crippen LogP contribution < -0.4 is 0 Å². The predicted octanol–water partition coefficient (Wildman–Crippen LogP) is 2.73. The monoisotopic (exact) mass is 242 g/mol. The molecule has 1 unspecified atom stereocenters. The maximum absolute atomic E-state index is 9.53. The summed E-state index contributed by atoms with van der Waals surface area (Å²) >= 11 is 0. The molecule has 3 heteroatoms. The minimum Gasteiger partial charge on any atom is -0.417 e. The van der Waals surface area contributed by atoms with Crippen LogP contribution in [0.25, 0.3) is 0 Å². The van der Waals surface area contributed by atoms with Crippen LogP contribution in [0.15, 0.2) is 11.1 Å². The van der Waals surface area contributed by atoms with E-state index < -0.39 is 9.04 Å². The van der Waals surface area contributed by atoms with Gasteiger partial charge in [-0.3, -0.25) is 0 Å². The van der Waals surface area contributed by atoms with E-state index in [0.29, 0.717) is 5.92 Å². The normalized spacial score (nSPS) is 22.3. The average molecular weight is 242 g/mol. The van der Waals surface area contributed by atoms with Gasteiger partial charge >= 0.3 is 0 Å². The SMILES string of the molecule is C[SiH](C)OCC1=C(CO)C(C(C)(C)C)CC1. The van der Waals surface area contributed by atoms with Crippen molar-refractivity contribution in [2.75, 3.05) is 13.2 Å². The first-order chi connectivity index (χ1) is 7.36. The van der Waals surface area contributed by atoms with Crippen molar-refractivity contribution < 1.29 is 9.53 Å². The molecule has 0 aromatic rings. The van der Waals surface area contributed by atoms with Crippen LogP contribution in [0.4, 0.5) is 0 Å². The van der Waals surface area contributed by atoms with Crippen molar-refractivity contribution in [3.63, 3.8) is 0 Å². The molecule has 0 amide bonds. The van der Waals surface area contributed by atoms with Crippen LogP contribution in [0.3, 0.4) is 0 Å². The number of hydrogen-bond acceptors (Lipinski definition) is 2. The number of hydrogen-bond donors (Lipinski definition) is 1. The lowest BCUT2D eigenvalue weighted by molar-refractivity contribution is 0.239. The Bertz CT molecular complexity index is 264. The Morgan fingerprint density at radius 1 is 1.38 bits per heavy atom. The van der Waals surface area contributed by atoms with Crippen molar-refractivity contribution in [1.82, 2.24) is 0 Å². The summed E-state index contributed by atoms with van der Waals surface area (Å²) in [5.74, 6) is 0.532. The van der Waals surface area contributed by atoms with Crippen LogP contribution in [0, 0.1) is 11.3 Å². The van der Waals surface area contributed by atoms with Gasteiger partial charge in [0.05, 0.1) is 13.2 Å². The van der Waals surface area contributed by atoms with E-state index in [1.165, 1.54) is 17.6 Å². The summed E-state index contributed by atoms with van der Waals surface area (Å²) in [6, 6.07) is 0. The molecule has 0 saturated heterocycles. The van der Waals surface area contributed by atoms with E-state index >= 15 is 0 Å². The Balaban J connectivity index is 2.74. The Kier molecular flexibility index (Phi) is 4.77. The topological polar surface area (TPSA) is 29.5 Å². The quantitative estimate of drug-likeness (QED) is 0.607. The zero-order valence-electron chi connectivity index (χ0n) is 11.3. The molecule has 0 heterocycles. The van der Waals surface area contributed by atoms with Gasteiger partial charge < -0.3 is 9.53 Å². The first kappa shape index (κ1) is 13.9. The van der Waals surface area contributed by atoms with Crippen molar-refractivity contribution in [3.8, 4) is 0 Å². The highest BCUT2D eigenvalue weighted by Gasteiger charge is 2.33. The van der Waals surface area contributed by atoms with Gasteiger partial charge in [0.1, 0.15) is 0 Å². The Morgan fingerprint density at radius 2 is 2.00 bits per heavy atom. The van der Waals surface area contributed by atoms with E-state index in [1.807, 2.05) is 0 Å². The third-order valence-electron chi connectivity index (χ3n) is 3.42. The fourth-order valence-corrected chi connectivity index (χ4v) is 3.04. The Labute approximate surface area is 101 Å². The maximum Gasteiger partial charge on any atom is 0.171 e. The van der Waals surface area contributed by atoms with E-state index in [4.69, 9.17) is 4.43 Å². The fraction of sp³-hybridized carbons (Fsp3) is 0.846. The average Bonchev–Trinajstić information content (AvgIpc) is 2.56. The first-order valence-electron chi connectivity index (χ1n) is 6.29. The van der Waals surface area contributed by atoms with Crippen LogP contribution in [-0.4, -0.2) is 27.4 Å². The molecule has 0 saturated carbocycles. The summed E-state index contributed by atoms with van der Waals surface area (Å²) in [6.45, 7) is 12.1. The molecule has 0 aromatic heterocycles. The van der Waals surface area contributed by atoms with Gasteiger partial charge in [-0.15, -0.1) is 0 Å². The van der Waals surface area contributed by atoms with Crippen LogP contribution in [0.1, 0.15) is 33.6 Å². The third kappa shape index (κ3) is 3.44. The molecule has 16 heavy (non-hydrogen) atoms. The molecule has 0 bridgehead atoms. The van der Waals surface area contributed by atoms with Crippen molar-refractivity contribution in [3.05, 3.63) is 11.1 Å². The Hall–Kier alpha value is -0.123. The van der Waals surface area contributed by atoms with E-state index in [1.54, 1.807) is 0 Å². The summed E-state index contributed by atoms with van der Waals surface area (Å²) in [5.41, 5.74) is 2.88. The zero-order chi connectivity index (χ0) is 12.3. The lowest BCUT2D eigenvalue weighted by Crippen LogP contribution is -2.22. The van der Waals surface area contributed by atoms with Gasteiger partial charge in [0, 0.05) is 0 Å². The fourth-order valence-electron chi connectivity index (χ4n) is 2.51. The number of rotatable bonds is 4. The highest BCUT2D eigenvalue weighted by atomic mass is 28.3. The molecule has 1 N–H and O–H groups in total. The zero-order valence-corrected chi connectivity index (χ0v) is 12.5. The summed E-state index contributed by atoms with van der Waals surface area (Å²) < 4.78 is 5.79. The second-order valence-corrected chi connectivity index (χ2v) is 8.53. The predicted molar refractivity (Wildman–Crippen MR) is 71.1 cm³/mol. The highest BCUT2D eigenvalue weighted by Crippen LogP contribution is 2.42. The van der Waals surface area contributed by atoms with Gasteiger partial charge in [-0.2, -0.15) is 0 Å². The van der Waals surface area contributed by atoms with Gasteiger partial charge in [-0.05, 0) is 48.4 Å². The van der Waals surface area contributed by atoms with Crippen molar-refractivity contribution >= 4 is 9.04 Å². The molecule has 0 aromatic carbocycles. The van der Waals surface area contributed by atoms with Gasteiger partial charge in [0.2, 0.25) is 0 Å². The molecule has 1 aliphatic rings. The molecule has 0 spiro atoms. The minimum absolute atomic E-state index is 0.209. The van der Waals surface area contributed by atoms with E-state index in [9.17, 15) is 5.11 Å². The highest BCUT2D eigenvalue weighted by molar-refractivity contribution is 6.48. The lowest BCUT2D eigenvalue weighted by Gasteiger charge is -2.29. The first-order valence-corrected chi connectivity index (χ1v) is 9.07. The molecule has 94 valence electrons. The standard InChI is InChI=1S/C13H26O2Si/c1-13(2,3)12-7-6-10(11(12)8-14)9-15-16(4)5/h12,14,16H,6-9H2,1-5H3. The smallest absolute Gasteiger partial charge is 0.171 e. The molecular formula is C13H26O2Si. The summed E-state index contributed by atoms with van der Waals surface area (Å²) in [4.78, 5) is 0. The Morgan fingerprint density at radius 3 is 2.44 bits per heavy atom. The van der Waals surface area contributed by atoms with Crippen LogP contribution in [0.2, 0.25) is 13.1 Å². The molecule has 1 atom stereocenters. The minimum atomic E-state index is -0.943. The molecule has 0 fully saturated rings. The van der Waals surface area contributed by atoms with E-state index in [-0.39, 0.29) is 12.0 Å². The van der Waals surface area contributed by atoms with Gasteiger partial charge in [-0.25, -0.2) is 0 Å². The van der Waals surface area contributed by atoms with Crippen LogP contribution >= 0.6 is 0 Å². The maximum atomic E-state index is 9.53. The second kappa shape index (κ2) is 5.47. The summed E-state index contributed by atoms with van der Waals surface area (Å²) in [7, 11) is -0.943. The number of aliphatic hydroxyl groups is 1. The molecule has 0 radical (unpaired) electrons. The van der Waals surface area contributed by atoms with Crippen LogP contribution in [-0.2, 0) is 4.43 Å². The molecule has 2 nitrogen and oxygen atoms in total. The van der Waals surface area contributed by atoms with Crippen molar-refractivity contribution in [2.45, 2.75) is 46.7 Å². The van der Waals surface area contributed by atoms with E-state index in [2.05, 4.69) is 33.9 Å². The molecule has 1 rings (SSSR count). The van der Waals surface area contributed by atoms with Gasteiger partial charge in [0.15, 0.2) is 9.04 Å². The van der Waals surface area contributed by atoms with Gasteiger partial charge in [0.25, 0.3) is 0 Å². The van der Waals surface area contributed by atoms with Crippen LogP contribution in [0.5, 0.6) is 0 Å². The number of aliphatic hydroxyl groups excluding tert-OH is 1.